The third-order valence-electron chi connectivity index (χ3n) is 4.46. The highest BCUT2D eigenvalue weighted by Gasteiger charge is 2.44. The van der Waals surface area contributed by atoms with Gasteiger partial charge in [0, 0.05) is 28.7 Å². The van der Waals surface area contributed by atoms with Crippen LogP contribution in [0.15, 0.2) is 48.5 Å². The maximum atomic E-state index is 12.4. The van der Waals surface area contributed by atoms with Crippen LogP contribution in [0.3, 0.4) is 0 Å². The highest BCUT2D eigenvalue weighted by Crippen LogP contribution is 2.50. The lowest BCUT2D eigenvalue weighted by atomic mass is 10.1. The van der Waals surface area contributed by atoms with Crippen molar-refractivity contribution < 1.29 is 9.59 Å². The van der Waals surface area contributed by atoms with Gasteiger partial charge in [-0.1, -0.05) is 43.6 Å². The number of nitrogens with one attached hydrogen (secondary N) is 2. The lowest BCUT2D eigenvalue weighted by Gasteiger charge is -2.09. The minimum absolute atomic E-state index is 0.00246. The van der Waals surface area contributed by atoms with Crippen molar-refractivity contribution >= 4 is 34.8 Å². The van der Waals surface area contributed by atoms with Crippen molar-refractivity contribution in [2.75, 3.05) is 10.6 Å². The monoisotopic (exact) mass is 370 g/mol. The van der Waals surface area contributed by atoms with Gasteiger partial charge in [0.2, 0.25) is 11.8 Å². The molecule has 2 atom stereocenters. The molecule has 2 aromatic carbocycles. The van der Waals surface area contributed by atoms with Crippen LogP contribution in [0.25, 0.3) is 0 Å². The topological polar surface area (TPSA) is 58.2 Å². The largest absolute Gasteiger partial charge is 0.326 e. The number of rotatable bonds is 6. The maximum absolute atomic E-state index is 12.4. The predicted octanol–water partition coefficient (Wildman–Crippen LogP) is 5.07. The zero-order valence-corrected chi connectivity index (χ0v) is 15.7. The number of carbonyl (C=O) groups is 2. The standard InChI is InChI=1S/C21H23ClN2O2/c1-13(2)11-20(25)23-14-7-9-15(10-8-14)24-21(26)18-12-17(18)16-5-3-4-6-19(16)22/h3-10,13,17-18H,11-12H2,1-2H3,(H,23,25)(H,24,26). The molecule has 5 heteroatoms. The summed E-state index contributed by atoms with van der Waals surface area (Å²) in [6, 6.07) is 14.9. The fourth-order valence-electron chi connectivity index (χ4n) is 3.06. The number of carbonyl (C=O) groups excluding carboxylic acids is 2. The van der Waals surface area contributed by atoms with E-state index in [2.05, 4.69) is 10.6 Å². The smallest absolute Gasteiger partial charge is 0.228 e. The van der Waals surface area contributed by atoms with E-state index < -0.39 is 0 Å². The summed E-state index contributed by atoms with van der Waals surface area (Å²) < 4.78 is 0. The predicted molar refractivity (Wildman–Crippen MR) is 105 cm³/mol. The van der Waals surface area contributed by atoms with Gasteiger partial charge in [0.05, 0.1) is 0 Å². The molecule has 0 heterocycles. The summed E-state index contributed by atoms with van der Waals surface area (Å²) in [5, 5.41) is 6.52. The Hall–Kier alpha value is -2.33. The fourth-order valence-corrected chi connectivity index (χ4v) is 3.33. The van der Waals surface area contributed by atoms with E-state index in [1.807, 2.05) is 38.1 Å². The number of anilines is 2. The van der Waals surface area contributed by atoms with Crippen molar-refractivity contribution in [3.63, 3.8) is 0 Å². The molecule has 1 fully saturated rings. The first kappa shape index (κ1) is 18.5. The Morgan fingerprint density at radius 2 is 1.65 bits per heavy atom. The van der Waals surface area contributed by atoms with E-state index in [1.165, 1.54) is 0 Å². The second-order valence-electron chi connectivity index (χ2n) is 7.18. The number of hydrogen-bond acceptors (Lipinski definition) is 2. The molecule has 2 amide bonds. The average molecular weight is 371 g/mol. The molecule has 2 unspecified atom stereocenters. The molecule has 136 valence electrons. The Morgan fingerprint density at radius 1 is 1.04 bits per heavy atom. The molecule has 1 aliphatic carbocycles. The van der Waals surface area contributed by atoms with Crippen LogP contribution in [0.4, 0.5) is 11.4 Å². The van der Waals surface area contributed by atoms with E-state index in [-0.39, 0.29) is 23.7 Å². The van der Waals surface area contributed by atoms with Crippen LogP contribution in [0.5, 0.6) is 0 Å². The quantitative estimate of drug-likeness (QED) is 0.746. The number of benzene rings is 2. The second kappa shape index (κ2) is 7.92. The van der Waals surface area contributed by atoms with Gasteiger partial charge in [-0.2, -0.15) is 0 Å². The lowest BCUT2D eigenvalue weighted by molar-refractivity contribution is -0.118. The summed E-state index contributed by atoms with van der Waals surface area (Å²) in [5.74, 6) is 0.473. The Bertz CT molecular complexity index is 802. The molecule has 0 aliphatic heterocycles. The van der Waals surface area contributed by atoms with Crippen LogP contribution < -0.4 is 10.6 Å². The Labute approximate surface area is 158 Å². The van der Waals surface area contributed by atoms with Crippen LogP contribution in [0.2, 0.25) is 5.02 Å². The number of halogens is 1. The Kier molecular flexibility index (Phi) is 5.62. The van der Waals surface area contributed by atoms with Gasteiger partial charge in [-0.05, 0) is 54.2 Å². The van der Waals surface area contributed by atoms with E-state index in [9.17, 15) is 9.59 Å². The zero-order valence-electron chi connectivity index (χ0n) is 15.0. The molecular weight excluding hydrogens is 348 g/mol. The lowest BCUT2D eigenvalue weighted by Crippen LogP contribution is -2.15. The number of hydrogen-bond donors (Lipinski definition) is 2. The van der Waals surface area contributed by atoms with Gasteiger partial charge in [-0.15, -0.1) is 0 Å². The van der Waals surface area contributed by atoms with Gasteiger partial charge < -0.3 is 10.6 Å². The molecule has 0 saturated heterocycles. The van der Waals surface area contributed by atoms with Gasteiger partial charge in [-0.25, -0.2) is 0 Å². The van der Waals surface area contributed by atoms with Gasteiger partial charge in [0.25, 0.3) is 0 Å². The van der Waals surface area contributed by atoms with Crippen LogP contribution in [0, 0.1) is 11.8 Å². The first-order valence-electron chi connectivity index (χ1n) is 8.89. The summed E-state index contributed by atoms with van der Waals surface area (Å²) in [7, 11) is 0. The second-order valence-corrected chi connectivity index (χ2v) is 7.59. The van der Waals surface area contributed by atoms with Crippen molar-refractivity contribution in [2.24, 2.45) is 11.8 Å². The third kappa shape index (κ3) is 4.64. The van der Waals surface area contributed by atoms with Crippen molar-refractivity contribution in [3.05, 3.63) is 59.1 Å². The van der Waals surface area contributed by atoms with E-state index in [0.29, 0.717) is 17.4 Å². The van der Waals surface area contributed by atoms with E-state index in [4.69, 9.17) is 11.6 Å². The average Bonchev–Trinajstić information content (AvgIpc) is 3.37. The molecule has 0 radical (unpaired) electrons. The minimum Gasteiger partial charge on any atom is -0.326 e. The van der Waals surface area contributed by atoms with Crippen molar-refractivity contribution in [2.45, 2.75) is 32.6 Å². The third-order valence-corrected chi connectivity index (χ3v) is 4.81. The first-order chi connectivity index (χ1) is 12.4. The van der Waals surface area contributed by atoms with Gasteiger partial charge in [0.15, 0.2) is 0 Å². The fraction of sp³-hybridized carbons (Fsp3) is 0.333. The molecule has 4 nitrogen and oxygen atoms in total. The summed E-state index contributed by atoms with van der Waals surface area (Å²) in [5.41, 5.74) is 2.49. The molecular formula is C21H23ClN2O2. The number of amides is 2. The summed E-state index contributed by atoms with van der Waals surface area (Å²) >= 11 is 6.21. The summed E-state index contributed by atoms with van der Waals surface area (Å²) in [6.07, 6.45) is 1.31. The molecule has 2 N–H and O–H groups in total. The highest BCUT2D eigenvalue weighted by molar-refractivity contribution is 6.31. The molecule has 1 aliphatic rings. The van der Waals surface area contributed by atoms with Crippen LogP contribution >= 0.6 is 11.6 Å². The highest BCUT2D eigenvalue weighted by atomic mass is 35.5. The normalized spacial score (nSPS) is 18.5. The molecule has 26 heavy (non-hydrogen) atoms. The molecule has 3 rings (SSSR count). The first-order valence-corrected chi connectivity index (χ1v) is 9.27. The van der Waals surface area contributed by atoms with E-state index in [1.54, 1.807) is 24.3 Å². The van der Waals surface area contributed by atoms with E-state index in [0.717, 1.165) is 23.4 Å². The zero-order chi connectivity index (χ0) is 18.7. The minimum atomic E-state index is -0.0414. The molecule has 0 aromatic heterocycles. The van der Waals surface area contributed by atoms with Crippen molar-refractivity contribution in [3.8, 4) is 0 Å². The molecule has 0 spiro atoms. The Balaban J connectivity index is 1.54. The maximum Gasteiger partial charge on any atom is 0.228 e. The Morgan fingerprint density at radius 3 is 2.27 bits per heavy atom. The van der Waals surface area contributed by atoms with E-state index >= 15 is 0 Å². The van der Waals surface area contributed by atoms with Gasteiger partial charge in [0.1, 0.15) is 0 Å². The van der Waals surface area contributed by atoms with Crippen molar-refractivity contribution in [1.82, 2.24) is 0 Å². The summed E-state index contributed by atoms with van der Waals surface area (Å²) in [6.45, 7) is 4.01. The summed E-state index contributed by atoms with van der Waals surface area (Å²) in [4.78, 5) is 24.2. The van der Waals surface area contributed by atoms with Crippen LogP contribution in [0.1, 0.15) is 38.2 Å². The molecule has 2 aromatic rings. The molecule has 0 bridgehead atoms. The van der Waals surface area contributed by atoms with Crippen LogP contribution in [-0.2, 0) is 9.59 Å². The van der Waals surface area contributed by atoms with Gasteiger partial charge in [-0.3, -0.25) is 9.59 Å². The molecule has 1 saturated carbocycles. The van der Waals surface area contributed by atoms with Crippen molar-refractivity contribution in [1.29, 1.82) is 0 Å². The van der Waals surface area contributed by atoms with Gasteiger partial charge >= 0.3 is 0 Å². The SMILES string of the molecule is CC(C)CC(=O)Nc1ccc(NC(=O)C2CC2c2ccccc2Cl)cc1. The van der Waals surface area contributed by atoms with Crippen LogP contribution in [-0.4, -0.2) is 11.8 Å².